The summed E-state index contributed by atoms with van der Waals surface area (Å²) in [6.07, 6.45) is 2.99. The summed E-state index contributed by atoms with van der Waals surface area (Å²) in [5.74, 6) is 0.558. The van der Waals surface area contributed by atoms with Crippen molar-refractivity contribution >= 4 is 12.1 Å². The van der Waals surface area contributed by atoms with Gasteiger partial charge in [0.25, 0.3) is 0 Å². The third kappa shape index (κ3) is 4.81. The van der Waals surface area contributed by atoms with Gasteiger partial charge in [0.2, 0.25) is 0 Å². The Bertz CT molecular complexity index is 853. The number of amides is 1. The van der Waals surface area contributed by atoms with Gasteiger partial charge in [-0.05, 0) is 42.3 Å². The second kappa shape index (κ2) is 7.97. The van der Waals surface area contributed by atoms with E-state index in [0.29, 0.717) is 6.61 Å². The fourth-order valence-corrected chi connectivity index (χ4v) is 2.16. The van der Waals surface area contributed by atoms with Crippen LogP contribution in [-0.4, -0.2) is 12.1 Å². The number of ether oxygens (including phenoxy) is 1. The summed E-state index contributed by atoms with van der Waals surface area (Å²) in [5.41, 5.74) is 5.56. The van der Waals surface area contributed by atoms with Crippen molar-refractivity contribution < 1.29 is 13.9 Å². The summed E-state index contributed by atoms with van der Waals surface area (Å²) < 4.78 is 10.8. The van der Waals surface area contributed by atoms with Crippen LogP contribution in [0.25, 0.3) is 0 Å². The number of carbonyl (C=O) groups excluding carboxylic acids is 1. The Morgan fingerprint density at radius 3 is 2.76 bits per heavy atom. The Kier molecular flexibility index (Phi) is 5.26. The van der Waals surface area contributed by atoms with E-state index in [1.165, 1.54) is 11.8 Å². The zero-order chi connectivity index (χ0) is 17.5. The van der Waals surface area contributed by atoms with Crippen LogP contribution in [0.3, 0.4) is 0 Å². The lowest BCUT2D eigenvalue weighted by molar-refractivity contribution is 0.0927. The molecule has 0 spiro atoms. The van der Waals surface area contributed by atoms with Crippen LogP contribution < -0.4 is 10.2 Å². The summed E-state index contributed by atoms with van der Waals surface area (Å²) in [4.78, 5) is 11.7. The molecule has 126 valence electrons. The van der Waals surface area contributed by atoms with Gasteiger partial charge in [-0.25, -0.2) is 5.43 Å². The van der Waals surface area contributed by atoms with E-state index >= 15 is 0 Å². The SMILES string of the molecule is Cc1ccc(COc2cccc(/C=N\NC(=O)c3ccco3)c2)cc1. The second-order valence-electron chi connectivity index (χ2n) is 5.52. The molecule has 0 aliphatic rings. The lowest BCUT2D eigenvalue weighted by atomic mass is 10.2. The van der Waals surface area contributed by atoms with E-state index in [1.807, 2.05) is 36.4 Å². The summed E-state index contributed by atoms with van der Waals surface area (Å²) >= 11 is 0. The lowest BCUT2D eigenvalue weighted by Crippen LogP contribution is -2.16. The highest BCUT2D eigenvalue weighted by Gasteiger charge is 2.05. The minimum atomic E-state index is -0.395. The molecule has 0 radical (unpaired) electrons. The predicted octanol–water partition coefficient (Wildman–Crippen LogP) is 3.93. The van der Waals surface area contributed by atoms with Gasteiger partial charge in [0, 0.05) is 0 Å². The topological polar surface area (TPSA) is 63.8 Å². The van der Waals surface area contributed by atoms with Gasteiger partial charge in [-0.2, -0.15) is 5.10 Å². The van der Waals surface area contributed by atoms with Crippen LogP contribution >= 0.6 is 0 Å². The molecule has 0 saturated carbocycles. The van der Waals surface area contributed by atoms with Gasteiger partial charge in [-0.15, -0.1) is 0 Å². The highest BCUT2D eigenvalue weighted by atomic mass is 16.5. The molecule has 0 fully saturated rings. The Balaban J connectivity index is 1.56. The quantitative estimate of drug-likeness (QED) is 0.549. The van der Waals surface area contributed by atoms with Crippen molar-refractivity contribution in [3.63, 3.8) is 0 Å². The molecule has 1 N–H and O–H groups in total. The molecule has 0 unspecified atom stereocenters. The molecule has 5 nitrogen and oxygen atoms in total. The smallest absolute Gasteiger partial charge is 0.307 e. The van der Waals surface area contributed by atoms with E-state index in [9.17, 15) is 4.79 Å². The average molecular weight is 334 g/mol. The molecule has 5 heteroatoms. The fourth-order valence-electron chi connectivity index (χ4n) is 2.16. The highest BCUT2D eigenvalue weighted by Crippen LogP contribution is 2.14. The summed E-state index contributed by atoms with van der Waals surface area (Å²) in [5, 5.41) is 3.93. The van der Waals surface area contributed by atoms with E-state index in [2.05, 4.69) is 29.6 Å². The predicted molar refractivity (Wildman–Crippen MR) is 95.7 cm³/mol. The Morgan fingerprint density at radius 2 is 2.00 bits per heavy atom. The zero-order valence-corrected chi connectivity index (χ0v) is 13.8. The molecule has 25 heavy (non-hydrogen) atoms. The number of nitrogens with zero attached hydrogens (tertiary/aromatic N) is 1. The van der Waals surface area contributed by atoms with E-state index in [1.54, 1.807) is 18.3 Å². The van der Waals surface area contributed by atoms with Gasteiger partial charge in [-0.3, -0.25) is 4.79 Å². The number of benzene rings is 2. The Morgan fingerprint density at radius 1 is 1.16 bits per heavy atom. The van der Waals surface area contributed by atoms with Gasteiger partial charge < -0.3 is 9.15 Å². The third-order valence-electron chi connectivity index (χ3n) is 3.51. The van der Waals surface area contributed by atoms with Crippen LogP contribution in [0.15, 0.2) is 76.4 Å². The number of hydrazone groups is 1. The molecule has 0 atom stereocenters. The molecule has 3 aromatic rings. The monoisotopic (exact) mass is 334 g/mol. The number of hydrogen-bond acceptors (Lipinski definition) is 4. The van der Waals surface area contributed by atoms with Crippen LogP contribution in [0, 0.1) is 6.92 Å². The largest absolute Gasteiger partial charge is 0.489 e. The van der Waals surface area contributed by atoms with Crippen molar-refractivity contribution in [1.29, 1.82) is 0 Å². The number of rotatable bonds is 6. The van der Waals surface area contributed by atoms with E-state index < -0.39 is 5.91 Å². The van der Waals surface area contributed by atoms with Crippen molar-refractivity contribution in [1.82, 2.24) is 5.43 Å². The first-order chi connectivity index (χ1) is 12.2. The van der Waals surface area contributed by atoms with Crippen LogP contribution in [-0.2, 0) is 6.61 Å². The van der Waals surface area contributed by atoms with E-state index in [-0.39, 0.29) is 5.76 Å². The van der Waals surface area contributed by atoms with Crippen LogP contribution in [0.1, 0.15) is 27.2 Å². The zero-order valence-electron chi connectivity index (χ0n) is 13.8. The Labute approximate surface area is 145 Å². The lowest BCUT2D eigenvalue weighted by Gasteiger charge is -2.07. The summed E-state index contributed by atoms with van der Waals surface area (Å²) in [7, 11) is 0. The van der Waals surface area contributed by atoms with Gasteiger partial charge in [-0.1, -0.05) is 42.0 Å². The number of aryl methyl sites for hydroxylation is 1. The van der Waals surface area contributed by atoms with Crippen molar-refractivity contribution in [3.8, 4) is 5.75 Å². The second-order valence-corrected chi connectivity index (χ2v) is 5.52. The van der Waals surface area contributed by atoms with E-state index in [4.69, 9.17) is 9.15 Å². The van der Waals surface area contributed by atoms with Crippen molar-refractivity contribution in [3.05, 3.63) is 89.4 Å². The normalized spacial score (nSPS) is 10.8. The van der Waals surface area contributed by atoms with Crippen LogP contribution in [0.5, 0.6) is 5.75 Å². The van der Waals surface area contributed by atoms with Gasteiger partial charge in [0.15, 0.2) is 5.76 Å². The third-order valence-corrected chi connectivity index (χ3v) is 3.51. The number of furan rings is 1. The van der Waals surface area contributed by atoms with E-state index in [0.717, 1.165) is 16.9 Å². The van der Waals surface area contributed by atoms with Crippen LogP contribution in [0.4, 0.5) is 0 Å². The first kappa shape index (κ1) is 16.5. The van der Waals surface area contributed by atoms with Crippen molar-refractivity contribution in [2.24, 2.45) is 5.10 Å². The first-order valence-corrected chi connectivity index (χ1v) is 7.86. The maximum atomic E-state index is 11.7. The molecular formula is C20H18N2O3. The molecule has 0 aliphatic carbocycles. The molecular weight excluding hydrogens is 316 g/mol. The fraction of sp³-hybridized carbons (Fsp3) is 0.100. The minimum absolute atomic E-state index is 0.215. The standard InChI is InChI=1S/C20H18N2O3/c1-15-7-9-16(10-8-15)14-25-18-5-2-4-17(12-18)13-21-22-20(23)19-6-3-11-24-19/h2-13H,14H2,1H3,(H,22,23)/b21-13-. The van der Waals surface area contributed by atoms with Crippen molar-refractivity contribution in [2.75, 3.05) is 0 Å². The summed E-state index contributed by atoms with van der Waals surface area (Å²) in [6.45, 7) is 2.55. The maximum Gasteiger partial charge on any atom is 0.307 e. The van der Waals surface area contributed by atoms with Gasteiger partial charge >= 0.3 is 5.91 Å². The molecule has 0 bridgehead atoms. The molecule has 1 heterocycles. The molecule has 2 aromatic carbocycles. The highest BCUT2D eigenvalue weighted by molar-refractivity contribution is 5.92. The summed E-state index contributed by atoms with van der Waals surface area (Å²) in [6, 6.07) is 18.9. The minimum Gasteiger partial charge on any atom is -0.489 e. The first-order valence-electron chi connectivity index (χ1n) is 7.86. The molecule has 1 aromatic heterocycles. The number of hydrogen-bond donors (Lipinski definition) is 1. The molecule has 3 rings (SSSR count). The molecule has 1 amide bonds. The van der Waals surface area contributed by atoms with Crippen LogP contribution in [0.2, 0.25) is 0 Å². The Hall–Kier alpha value is -3.34. The van der Waals surface area contributed by atoms with Gasteiger partial charge in [0.1, 0.15) is 12.4 Å². The number of carbonyl (C=O) groups is 1. The average Bonchev–Trinajstić information content (AvgIpc) is 3.16. The van der Waals surface area contributed by atoms with Gasteiger partial charge in [0.05, 0.1) is 12.5 Å². The van der Waals surface area contributed by atoms with Crippen molar-refractivity contribution in [2.45, 2.75) is 13.5 Å². The molecule has 0 aliphatic heterocycles. The maximum absolute atomic E-state index is 11.7. The number of nitrogens with one attached hydrogen (secondary N) is 1. The molecule has 0 saturated heterocycles.